The summed E-state index contributed by atoms with van der Waals surface area (Å²) in [5.74, 6) is 0. The van der Waals surface area contributed by atoms with Crippen LogP contribution in [-0.2, 0) is 0 Å². The summed E-state index contributed by atoms with van der Waals surface area (Å²) in [6.07, 6.45) is 0. The van der Waals surface area contributed by atoms with Crippen molar-refractivity contribution < 1.29 is 29.6 Å². The summed E-state index contributed by atoms with van der Waals surface area (Å²) in [6, 6.07) is 0. The first-order chi connectivity index (χ1) is 5.55. The standard InChI is InChI=1S/C10H24NSi2.Na/c1-9(2,3)12(7)11-13(8)10(4,5)6;/h1-8H3;/q-1;+1. The van der Waals surface area contributed by atoms with E-state index in [4.69, 9.17) is 4.65 Å². The molecule has 0 heterocycles. The Labute approximate surface area is 116 Å². The monoisotopic (exact) mass is 237 g/mol. The van der Waals surface area contributed by atoms with Crippen LogP contribution in [0.3, 0.4) is 0 Å². The first-order valence-corrected chi connectivity index (χ1v) is 8.84. The minimum Gasteiger partial charge on any atom is -0.671 e. The van der Waals surface area contributed by atoms with Crippen LogP contribution in [0.4, 0.5) is 0 Å². The Balaban J connectivity index is 0. The van der Waals surface area contributed by atoms with Gasteiger partial charge in [-0.1, -0.05) is 82.6 Å². The smallest absolute Gasteiger partial charge is 0.671 e. The van der Waals surface area contributed by atoms with E-state index in [0.29, 0.717) is 10.1 Å². The van der Waals surface area contributed by atoms with Crippen LogP contribution in [0.5, 0.6) is 0 Å². The molecule has 78 valence electrons. The third-order valence-corrected chi connectivity index (χ3v) is 9.53. The van der Waals surface area contributed by atoms with Gasteiger partial charge in [0.1, 0.15) is 0 Å². The molecule has 0 atom stereocenters. The van der Waals surface area contributed by atoms with Crippen LogP contribution < -0.4 is 29.6 Å². The van der Waals surface area contributed by atoms with Crippen LogP contribution in [-0.4, -0.2) is 17.9 Å². The summed E-state index contributed by atoms with van der Waals surface area (Å²) < 4.78 is 5.02. The molecule has 0 rings (SSSR count). The molecule has 0 fully saturated rings. The fraction of sp³-hybridized carbons (Fsp3) is 1.00. The normalized spacial score (nSPS) is 13.3. The molecule has 4 heteroatoms. The fourth-order valence-corrected chi connectivity index (χ4v) is 5.28. The van der Waals surface area contributed by atoms with Crippen LogP contribution >= 0.6 is 0 Å². The Bertz CT molecular complexity index is 142. The predicted octanol–water partition coefficient (Wildman–Crippen LogP) is 1.21. The molecule has 0 aromatic rings. The zero-order valence-corrected chi connectivity index (χ0v) is 15.4. The van der Waals surface area contributed by atoms with E-state index in [1.54, 1.807) is 0 Å². The molecule has 0 N–H and O–H groups in total. The van der Waals surface area contributed by atoms with Crippen molar-refractivity contribution in [2.75, 3.05) is 0 Å². The average Bonchev–Trinajstić information content (AvgIpc) is 1.82. The Morgan fingerprint density at radius 3 is 1.07 bits per heavy atom. The van der Waals surface area contributed by atoms with Crippen molar-refractivity contribution in [2.45, 2.75) is 64.7 Å². The van der Waals surface area contributed by atoms with Crippen molar-refractivity contribution in [1.29, 1.82) is 0 Å². The van der Waals surface area contributed by atoms with E-state index in [9.17, 15) is 0 Å². The van der Waals surface area contributed by atoms with Crippen molar-refractivity contribution in [3.05, 3.63) is 4.65 Å². The molecule has 0 amide bonds. The van der Waals surface area contributed by atoms with Crippen LogP contribution in [0.2, 0.25) is 23.2 Å². The molecule has 0 saturated carbocycles. The van der Waals surface area contributed by atoms with E-state index in [1.165, 1.54) is 0 Å². The summed E-state index contributed by atoms with van der Waals surface area (Å²) >= 11 is 0. The Morgan fingerprint density at radius 2 is 0.929 bits per heavy atom. The molecule has 2 radical (unpaired) electrons. The summed E-state index contributed by atoms with van der Waals surface area (Å²) in [4.78, 5) is 0. The maximum Gasteiger partial charge on any atom is 1.00 e. The van der Waals surface area contributed by atoms with E-state index < -0.39 is 17.9 Å². The average molecular weight is 237 g/mol. The molecule has 0 spiro atoms. The number of nitrogens with zero attached hydrogens (tertiary/aromatic N) is 1. The second kappa shape index (κ2) is 6.21. The molecular formula is C10H24NNaSi2. The van der Waals surface area contributed by atoms with Gasteiger partial charge in [0.25, 0.3) is 0 Å². The molecule has 0 saturated heterocycles. The van der Waals surface area contributed by atoms with Crippen molar-refractivity contribution in [1.82, 2.24) is 0 Å². The van der Waals surface area contributed by atoms with Gasteiger partial charge in [0, 0.05) is 0 Å². The van der Waals surface area contributed by atoms with Gasteiger partial charge in [-0.3, -0.25) is 0 Å². The van der Waals surface area contributed by atoms with Crippen molar-refractivity contribution in [3.63, 3.8) is 0 Å². The SMILES string of the molecule is C[Si]([N-][Si](C)C(C)(C)C)C(C)(C)C.[Na+]. The van der Waals surface area contributed by atoms with E-state index in [1.807, 2.05) is 0 Å². The largest absolute Gasteiger partial charge is 1.00 e. The minimum atomic E-state index is -0.516. The van der Waals surface area contributed by atoms with Gasteiger partial charge in [-0.2, -0.15) is 0 Å². The van der Waals surface area contributed by atoms with Gasteiger partial charge in [-0.25, -0.2) is 0 Å². The molecule has 0 bridgehead atoms. The van der Waals surface area contributed by atoms with Gasteiger partial charge < -0.3 is 4.65 Å². The Kier molecular flexibility index (Phi) is 7.88. The van der Waals surface area contributed by atoms with E-state index >= 15 is 0 Å². The topological polar surface area (TPSA) is 14.1 Å². The zero-order valence-electron chi connectivity index (χ0n) is 11.4. The summed E-state index contributed by atoms with van der Waals surface area (Å²) in [5.41, 5.74) is 0. The molecule has 1 nitrogen and oxygen atoms in total. The van der Waals surface area contributed by atoms with E-state index in [-0.39, 0.29) is 29.6 Å². The fourth-order valence-electron chi connectivity index (χ4n) is 0.587. The third-order valence-electron chi connectivity index (χ3n) is 2.51. The van der Waals surface area contributed by atoms with Gasteiger partial charge >= 0.3 is 29.6 Å². The molecule has 0 aromatic carbocycles. The summed E-state index contributed by atoms with van der Waals surface area (Å²) in [5, 5.41) is 0.837. The molecule has 0 aliphatic carbocycles. The molecule has 0 aliphatic rings. The third kappa shape index (κ3) is 6.80. The maximum absolute atomic E-state index is 5.02. The van der Waals surface area contributed by atoms with Gasteiger partial charge in [0.15, 0.2) is 0 Å². The molecule has 0 aliphatic heterocycles. The van der Waals surface area contributed by atoms with Crippen LogP contribution in [0.25, 0.3) is 4.65 Å². The van der Waals surface area contributed by atoms with Crippen molar-refractivity contribution in [3.8, 4) is 0 Å². The Hall–Kier alpha value is 1.39. The zero-order chi connectivity index (χ0) is 10.9. The van der Waals surface area contributed by atoms with Gasteiger partial charge in [-0.15, -0.1) is 0 Å². The quantitative estimate of drug-likeness (QED) is 0.641. The van der Waals surface area contributed by atoms with Crippen LogP contribution in [0, 0.1) is 0 Å². The summed E-state index contributed by atoms with van der Waals surface area (Å²) in [6.45, 7) is 18.5. The molecular weight excluding hydrogens is 213 g/mol. The van der Waals surface area contributed by atoms with Gasteiger partial charge in [0.05, 0.1) is 0 Å². The number of hydrogen-bond donors (Lipinski definition) is 0. The number of hydrogen-bond acceptors (Lipinski definition) is 0. The predicted molar refractivity (Wildman–Crippen MR) is 66.0 cm³/mol. The van der Waals surface area contributed by atoms with Crippen molar-refractivity contribution in [2.24, 2.45) is 0 Å². The summed E-state index contributed by atoms with van der Waals surface area (Å²) in [7, 11) is -1.03. The first-order valence-electron chi connectivity index (χ1n) is 4.95. The van der Waals surface area contributed by atoms with E-state index in [0.717, 1.165) is 0 Å². The molecule has 0 aromatic heterocycles. The van der Waals surface area contributed by atoms with Crippen molar-refractivity contribution >= 4 is 17.9 Å². The maximum atomic E-state index is 5.02. The number of rotatable bonds is 2. The Morgan fingerprint density at radius 1 is 0.714 bits per heavy atom. The van der Waals surface area contributed by atoms with E-state index in [2.05, 4.69) is 54.6 Å². The van der Waals surface area contributed by atoms with Crippen LogP contribution in [0.15, 0.2) is 0 Å². The molecule has 14 heavy (non-hydrogen) atoms. The second-order valence-electron chi connectivity index (χ2n) is 5.78. The first kappa shape index (κ1) is 17.8. The molecule has 0 unspecified atom stereocenters. The van der Waals surface area contributed by atoms with Gasteiger partial charge in [-0.05, 0) is 0 Å². The second-order valence-corrected chi connectivity index (χ2v) is 12.0. The minimum absolute atomic E-state index is 0. The van der Waals surface area contributed by atoms with Crippen LogP contribution in [0.1, 0.15) is 41.5 Å². The van der Waals surface area contributed by atoms with Gasteiger partial charge in [0.2, 0.25) is 0 Å².